The van der Waals surface area contributed by atoms with E-state index < -0.39 is 53.0 Å². The monoisotopic (exact) mass is 904 g/mol. The fourth-order valence-electron chi connectivity index (χ4n) is 7.79. The van der Waals surface area contributed by atoms with Gasteiger partial charge in [-0.25, -0.2) is 9.97 Å². The van der Waals surface area contributed by atoms with Crippen LogP contribution in [0.5, 0.6) is 0 Å². The molecular formula is C47H43F3N8O8. The molecule has 340 valence electrons. The van der Waals surface area contributed by atoms with Crippen molar-refractivity contribution in [3.63, 3.8) is 0 Å². The van der Waals surface area contributed by atoms with E-state index in [0.29, 0.717) is 39.2 Å². The Kier molecular flexibility index (Phi) is 13.1. The molecule has 19 heteroatoms. The minimum Gasteiger partial charge on any atom is -0.348 e. The Morgan fingerprint density at radius 2 is 1.05 bits per heavy atom. The van der Waals surface area contributed by atoms with Crippen LogP contribution in [0.2, 0.25) is 0 Å². The first-order valence-electron chi connectivity index (χ1n) is 20.8. The van der Waals surface area contributed by atoms with Crippen LogP contribution in [0.1, 0.15) is 97.9 Å². The van der Waals surface area contributed by atoms with Gasteiger partial charge in [-0.3, -0.25) is 58.1 Å². The number of nitrogens with one attached hydrogen (secondary N) is 4. The summed E-state index contributed by atoms with van der Waals surface area (Å²) in [6.45, 7) is 7.47. The van der Waals surface area contributed by atoms with Gasteiger partial charge >= 0.3 is 6.18 Å². The summed E-state index contributed by atoms with van der Waals surface area (Å²) >= 11 is 0. The molecule has 8 rings (SSSR count). The zero-order valence-electron chi connectivity index (χ0n) is 36.1. The van der Waals surface area contributed by atoms with Crippen LogP contribution in [0, 0.1) is 27.7 Å². The van der Waals surface area contributed by atoms with E-state index in [2.05, 4.69) is 31.2 Å². The summed E-state index contributed by atoms with van der Waals surface area (Å²) < 4.78 is 40.7. The summed E-state index contributed by atoms with van der Waals surface area (Å²) in [6, 6.07) is 17.8. The number of benzene rings is 4. The van der Waals surface area contributed by atoms with Crippen molar-refractivity contribution in [1.82, 2.24) is 40.4 Å². The summed E-state index contributed by atoms with van der Waals surface area (Å²) in [7, 11) is 0. The maximum Gasteiger partial charge on any atom is 0.416 e. The maximum atomic E-state index is 13.2. The van der Waals surface area contributed by atoms with Crippen LogP contribution in [0.3, 0.4) is 0 Å². The van der Waals surface area contributed by atoms with Crippen LogP contribution in [0.25, 0.3) is 21.8 Å². The molecule has 2 saturated heterocycles. The molecule has 0 unspecified atom stereocenters. The summed E-state index contributed by atoms with van der Waals surface area (Å²) in [5.74, 6) is -1.83. The van der Waals surface area contributed by atoms with Gasteiger partial charge in [-0.05, 0) is 123 Å². The number of amides is 6. The number of aromatic nitrogens is 4. The standard InChI is InChI=1S/C24H24N4O4.C23H19F3N4O4/c1-13-4-6-17(10-14(13)2)22(30)25-12-16-5-7-19-18(11-16)24(32)28(15(3)26-19)20-8-9-21(29)27-23(20)31;1-12-28-17-7-2-13(11-27-20(32)14-3-5-15(6-4-14)23(24,25)26)10-16(17)22(34)30(12)18-8-9-19(31)29-21(18)33/h4-7,10-11,20H,8-9,12H2,1-3H3,(H,25,30)(H,27,29,31);2-7,10,18H,8-9,11H2,1H3,(H,27,32)(H,29,31,33)/t20-;18-/m01/s1. The highest BCUT2D eigenvalue weighted by molar-refractivity contribution is 6.00. The van der Waals surface area contributed by atoms with Gasteiger partial charge in [0.2, 0.25) is 23.6 Å². The largest absolute Gasteiger partial charge is 0.416 e. The Morgan fingerprint density at radius 3 is 1.47 bits per heavy atom. The highest BCUT2D eigenvalue weighted by atomic mass is 19.4. The Balaban J connectivity index is 0.000000197. The Bertz CT molecular complexity index is 3110. The molecule has 2 fully saturated rings. The van der Waals surface area contributed by atoms with E-state index in [4.69, 9.17) is 0 Å². The highest BCUT2D eigenvalue weighted by Crippen LogP contribution is 2.29. The number of nitrogens with zero attached hydrogens (tertiary/aromatic N) is 4. The summed E-state index contributed by atoms with van der Waals surface area (Å²) in [4.78, 5) is 108. The lowest BCUT2D eigenvalue weighted by Gasteiger charge is -2.24. The lowest BCUT2D eigenvalue weighted by molar-refractivity contribution is -0.138. The second-order valence-corrected chi connectivity index (χ2v) is 16.0. The van der Waals surface area contributed by atoms with Crippen molar-refractivity contribution in [2.75, 3.05) is 0 Å². The van der Waals surface area contributed by atoms with Crippen molar-refractivity contribution in [3.8, 4) is 0 Å². The maximum absolute atomic E-state index is 13.2. The molecule has 2 aromatic heterocycles. The van der Waals surface area contributed by atoms with Gasteiger partial charge in [-0.15, -0.1) is 0 Å². The molecule has 0 bridgehead atoms. The molecule has 0 aliphatic carbocycles. The first-order valence-corrected chi connectivity index (χ1v) is 20.8. The number of alkyl halides is 3. The molecule has 4 N–H and O–H groups in total. The minimum atomic E-state index is -4.49. The number of rotatable bonds is 8. The quantitative estimate of drug-likeness (QED) is 0.152. The number of hydrogen-bond acceptors (Lipinski definition) is 10. The molecule has 2 aliphatic rings. The number of imide groups is 2. The zero-order chi connectivity index (χ0) is 47.6. The first-order chi connectivity index (χ1) is 31.3. The van der Waals surface area contributed by atoms with E-state index in [-0.39, 0.29) is 67.1 Å². The second-order valence-electron chi connectivity index (χ2n) is 16.0. The third-order valence-electron chi connectivity index (χ3n) is 11.5. The third kappa shape index (κ3) is 9.94. The third-order valence-corrected chi connectivity index (χ3v) is 11.5. The SMILES string of the molecule is Cc1ccc(C(=O)NCc2ccc3nc(C)n([C@H]4CCC(=O)NC4=O)c(=O)c3c2)cc1C.Cc1nc2ccc(CNC(=O)c3ccc(C(F)(F)F)cc3)cc2c(=O)n1[C@@H]1CCC(=O)NC1=O. The van der Waals surface area contributed by atoms with Crippen LogP contribution in [0.15, 0.2) is 88.5 Å². The molecule has 4 aromatic carbocycles. The zero-order valence-corrected chi connectivity index (χ0v) is 36.1. The van der Waals surface area contributed by atoms with Crippen molar-refractivity contribution in [2.24, 2.45) is 0 Å². The van der Waals surface area contributed by atoms with E-state index in [0.717, 1.165) is 41.0 Å². The van der Waals surface area contributed by atoms with Crippen LogP contribution in [-0.4, -0.2) is 54.5 Å². The molecule has 0 saturated carbocycles. The number of halogens is 3. The highest BCUT2D eigenvalue weighted by Gasteiger charge is 2.33. The van der Waals surface area contributed by atoms with Crippen molar-refractivity contribution in [3.05, 3.63) is 150 Å². The number of carbonyl (C=O) groups excluding carboxylic acids is 6. The van der Waals surface area contributed by atoms with Gasteiger partial charge in [-0.2, -0.15) is 13.2 Å². The fraction of sp³-hybridized carbons (Fsp3) is 0.277. The molecule has 4 heterocycles. The molecule has 16 nitrogen and oxygen atoms in total. The predicted molar refractivity (Wildman–Crippen MR) is 234 cm³/mol. The average molecular weight is 905 g/mol. The van der Waals surface area contributed by atoms with Crippen molar-refractivity contribution in [1.29, 1.82) is 0 Å². The molecule has 2 aliphatic heterocycles. The number of piperidine rings is 2. The number of aryl methyl sites for hydroxylation is 4. The minimum absolute atomic E-state index is 0.0154. The lowest BCUT2D eigenvalue weighted by atomic mass is 10.0. The predicted octanol–water partition coefficient (Wildman–Crippen LogP) is 4.86. The van der Waals surface area contributed by atoms with Gasteiger partial charge in [-0.1, -0.05) is 18.2 Å². The average Bonchev–Trinajstić information content (AvgIpc) is 3.27. The molecule has 2 atom stereocenters. The number of hydrogen-bond donors (Lipinski definition) is 4. The summed E-state index contributed by atoms with van der Waals surface area (Å²) in [5, 5.41) is 10.6. The number of carbonyl (C=O) groups is 6. The molecular weight excluding hydrogens is 862 g/mol. The van der Waals surface area contributed by atoms with Crippen molar-refractivity contribution >= 4 is 57.2 Å². The number of fused-ring (bicyclic) bond motifs is 2. The molecule has 6 aromatic rings. The van der Waals surface area contributed by atoms with Gasteiger partial charge in [0, 0.05) is 37.1 Å². The first kappa shape index (κ1) is 46.2. The fourth-order valence-corrected chi connectivity index (χ4v) is 7.79. The summed E-state index contributed by atoms with van der Waals surface area (Å²) in [6.07, 6.45) is -3.78. The normalized spacial score (nSPS) is 16.3. The Morgan fingerprint density at radius 1 is 0.606 bits per heavy atom. The molecule has 6 amide bonds. The van der Waals surface area contributed by atoms with E-state index in [1.165, 1.54) is 9.13 Å². The van der Waals surface area contributed by atoms with E-state index in [1.54, 1.807) is 50.2 Å². The van der Waals surface area contributed by atoms with Gasteiger partial charge in [0.25, 0.3) is 22.9 Å². The van der Waals surface area contributed by atoms with Crippen LogP contribution in [0.4, 0.5) is 13.2 Å². The lowest BCUT2D eigenvalue weighted by Crippen LogP contribution is -2.45. The Hall–Kier alpha value is -7.83. The van der Waals surface area contributed by atoms with E-state index >= 15 is 0 Å². The van der Waals surface area contributed by atoms with Gasteiger partial charge in [0.05, 0.1) is 27.4 Å². The second kappa shape index (κ2) is 18.7. The van der Waals surface area contributed by atoms with Crippen LogP contribution >= 0.6 is 0 Å². The van der Waals surface area contributed by atoms with E-state index in [9.17, 15) is 51.5 Å². The Labute approximate surface area is 373 Å². The van der Waals surface area contributed by atoms with Gasteiger partial charge in [0.15, 0.2) is 0 Å². The topological polar surface area (TPSA) is 220 Å². The van der Waals surface area contributed by atoms with Crippen LogP contribution in [-0.2, 0) is 38.4 Å². The van der Waals surface area contributed by atoms with Gasteiger partial charge in [0.1, 0.15) is 23.7 Å². The van der Waals surface area contributed by atoms with Crippen molar-refractivity contribution < 1.29 is 41.9 Å². The van der Waals surface area contributed by atoms with Crippen molar-refractivity contribution in [2.45, 2.75) is 84.7 Å². The molecule has 0 spiro atoms. The van der Waals surface area contributed by atoms with Crippen LogP contribution < -0.4 is 32.4 Å². The van der Waals surface area contributed by atoms with Gasteiger partial charge < -0.3 is 10.6 Å². The summed E-state index contributed by atoms with van der Waals surface area (Å²) in [5.41, 5.74) is 3.37. The smallest absolute Gasteiger partial charge is 0.348 e. The molecule has 66 heavy (non-hydrogen) atoms. The van der Waals surface area contributed by atoms with E-state index in [1.807, 2.05) is 32.0 Å². The molecule has 0 radical (unpaired) electrons.